The van der Waals surface area contributed by atoms with Crippen molar-refractivity contribution in [1.82, 2.24) is 25.3 Å². The molecule has 1 aliphatic heterocycles. The molecule has 8 nitrogen and oxygen atoms in total. The number of nitrogens with zero attached hydrogens (tertiary/aromatic N) is 3. The lowest BCUT2D eigenvalue weighted by molar-refractivity contribution is -0.0248. The van der Waals surface area contributed by atoms with Gasteiger partial charge in [-0.25, -0.2) is 4.39 Å². The Kier molecular flexibility index (Phi) is 5.78. The van der Waals surface area contributed by atoms with Gasteiger partial charge >= 0.3 is 0 Å². The van der Waals surface area contributed by atoms with E-state index < -0.39 is 0 Å². The van der Waals surface area contributed by atoms with Crippen LogP contribution in [0.15, 0.2) is 48.5 Å². The minimum absolute atomic E-state index is 0.122. The van der Waals surface area contributed by atoms with Gasteiger partial charge in [0.25, 0.3) is 5.91 Å². The Bertz CT molecular complexity index is 1270. The van der Waals surface area contributed by atoms with Gasteiger partial charge in [-0.2, -0.15) is 10.2 Å². The molecule has 1 saturated heterocycles. The predicted molar refractivity (Wildman–Crippen MR) is 120 cm³/mol. The first-order valence-corrected chi connectivity index (χ1v) is 10.8. The second-order valence-corrected chi connectivity index (χ2v) is 8.10. The minimum atomic E-state index is -0.322. The van der Waals surface area contributed by atoms with Gasteiger partial charge in [0, 0.05) is 24.0 Å². The molecular weight excluding hydrogens is 425 g/mol. The van der Waals surface area contributed by atoms with E-state index in [0.29, 0.717) is 44.2 Å². The van der Waals surface area contributed by atoms with Crippen molar-refractivity contribution in [2.45, 2.75) is 19.4 Å². The number of aromatic amines is 2. The van der Waals surface area contributed by atoms with Gasteiger partial charge in [0.2, 0.25) is 0 Å². The van der Waals surface area contributed by atoms with E-state index in [9.17, 15) is 9.18 Å². The van der Waals surface area contributed by atoms with Gasteiger partial charge in [0.15, 0.2) is 5.69 Å². The molecule has 2 N–H and O–H groups in total. The van der Waals surface area contributed by atoms with Crippen molar-refractivity contribution in [3.63, 3.8) is 0 Å². The molecule has 9 heteroatoms. The summed E-state index contributed by atoms with van der Waals surface area (Å²) >= 11 is 0. The predicted octanol–water partition coefficient (Wildman–Crippen LogP) is 3.57. The lowest BCUT2D eigenvalue weighted by Gasteiger charge is -2.31. The fraction of sp³-hybridized carbons (Fsp3) is 0.292. The summed E-state index contributed by atoms with van der Waals surface area (Å²) in [5.74, 6) is 0.196. The molecule has 0 aliphatic carbocycles. The summed E-state index contributed by atoms with van der Waals surface area (Å²) in [5.41, 5.74) is 3.98. The maximum Gasteiger partial charge on any atom is 0.275 e. The number of H-pyrrole nitrogens is 2. The van der Waals surface area contributed by atoms with Crippen LogP contribution in [0.4, 0.5) is 4.39 Å². The van der Waals surface area contributed by atoms with Crippen LogP contribution in [0.2, 0.25) is 0 Å². The van der Waals surface area contributed by atoms with E-state index in [4.69, 9.17) is 9.47 Å². The van der Waals surface area contributed by atoms with E-state index in [0.717, 1.165) is 27.9 Å². The number of benzene rings is 2. The number of halogens is 1. The largest absolute Gasteiger partial charge is 0.493 e. The minimum Gasteiger partial charge on any atom is -0.493 e. The van der Waals surface area contributed by atoms with Crippen LogP contribution in [-0.4, -0.2) is 57.5 Å². The summed E-state index contributed by atoms with van der Waals surface area (Å²) in [6.07, 6.45) is 0.288. The Morgan fingerprint density at radius 3 is 2.88 bits per heavy atom. The van der Waals surface area contributed by atoms with Crippen LogP contribution in [0.5, 0.6) is 5.75 Å². The summed E-state index contributed by atoms with van der Waals surface area (Å²) in [6.45, 7) is 3.74. The average molecular weight is 449 g/mol. The quantitative estimate of drug-likeness (QED) is 0.469. The topological polar surface area (TPSA) is 96.1 Å². The maximum absolute atomic E-state index is 13.2. The molecule has 2 aromatic carbocycles. The summed E-state index contributed by atoms with van der Waals surface area (Å²) < 4.78 is 24.5. The number of carbonyl (C=O) groups is 1. The van der Waals surface area contributed by atoms with E-state index in [-0.39, 0.29) is 17.8 Å². The first-order chi connectivity index (χ1) is 16.1. The smallest absolute Gasteiger partial charge is 0.275 e. The lowest BCUT2D eigenvalue weighted by Crippen LogP contribution is -2.42. The number of hydrogen-bond acceptors (Lipinski definition) is 5. The Morgan fingerprint density at radius 1 is 1.18 bits per heavy atom. The van der Waals surface area contributed by atoms with E-state index in [1.807, 2.05) is 31.2 Å². The maximum atomic E-state index is 13.2. The van der Waals surface area contributed by atoms with Gasteiger partial charge in [0.05, 0.1) is 31.0 Å². The fourth-order valence-electron chi connectivity index (χ4n) is 3.94. The number of ether oxygens (including phenoxy) is 2. The number of rotatable bonds is 6. The molecule has 1 fully saturated rings. The normalized spacial score (nSPS) is 16.3. The SMILES string of the molecule is Cc1ccc2[nH]nc(C(=O)N3CCOC(c4cc(CCOc5ccc(F)cc5)[nH]n4)C3)c2c1. The molecule has 170 valence electrons. The standard InChI is InChI=1S/C24H24FN5O3/c1-15-2-7-20-19(12-15)23(29-27-20)24(31)30-9-11-33-22(14-30)21-13-17(26-28-21)8-10-32-18-5-3-16(25)4-6-18/h2-7,12-13,22H,8-11,14H2,1H3,(H,26,28)(H,27,29). The summed E-state index contributed by atoms with van der Waals surface area (Å²) in [4.78, 5) is 14.9. The number of morpholine rings is 1. The molecule has 1 amide bonds. The highest BCUT2D eigenvalue weighted by molar-refractivity contribution is 6.04. The van der Waals surface area contributed by atoms with Gasteiger partial charge in [0.1, 0.15) is 17.7 Å². The van der Waals surface area contributed by atoms with E-state index >= 15 is 0 Å². The van der Waals surface area contributed by atoms with Gasteiger partial charge in [-0.3, -0.25) is 15.0 Å². The third kappa shape index (κ3) is 4.58. The number of carbonyl (C=O) groups excluding carboxylic acids is 1. The van der Waals surface area contributed by atoms with Crippen LogP contribution in [-0.2, 0) is 11.2 Å². The zero-order chi connectivity index (χ0) is 22.8. The first kappa shape index (κ1) is 21.1. The average Bonchev–Trinajstić information content (AvgIpc) is 3.47. The van der Waals surface area contributed by atoms with E-state index in [1.54, 1.807) is 17.0 Å². The van der Waals surface area contributed by atoms with Crippen molar-refractivity contribution in [3.8, 4) is 5.75 Å². The van der Waals surface area contributed by atoms with Crippen molar-refractivity contribution < 1.29 is 18.7 Å². The Balaban J connectivity index is 1.21. The summed E-state index contributed by atoms with van der Waals surface area (Å²) in [6, 6.07) is 13.7. The highest BCUT2D eigenvalue weighted by Crippen LogP contribution is 2.25. The molecular formula is C24H24FN5O3. The Hall–Kier alpha value is -3.72. The Labute approximate surface area is 189 Å². The van der Waals surface area contributed by atoms with Gasteiger partial charge in [-0.15, -0.1) is 0 Å². The van der Waals surface area contributed by atoms with Crippen molar-refractivity contribution in [2.24, 2.45) is 0 Å². The Morgan fingerprint density at radius 2 is 2.03 bits per heavy atom. The molecule has 2 aromatic heterocycles. The van der Waals surface area contributed by atoms with Crippen molar-refractivity contribution >= 4 is 16.8 Å². The zero-order valence-electron chi connectivity index (χ0n) is 18.2. The molecule has 1 unspecified atom stereocenters. The molecule has 4 aromatic rings. The first-order valence-electron chi connectivity index (χ1n) is 10.8. The number of hydrogen-bond donors (Lipinski definition) is 2. The second-order valence-electron chi connectivity index (χ2n) is 8.10. The molecule has 0 spiro atoms. The highest BCUT2D eigenvalue weighted by atomic mass is 19.1. The van der Waals surface area contributed by atoms with Crippen molar-refractivity contribution in [3.05, 3.63) is 77.0 Å². The number of amides is 1. The second kappa shape index (κ2) is 9.03. The zero-order valence-corrected chi connectivity index (χ0v) is 18.2. The van der Waals surface area contributed by atoms with Crippen molar-refractivity contribution in [2.75, 3.05) is 26.3 Å². The number of fused-ring (bicyclic) bond motifs is 1. The third-order valence-electron chi connectivity index (χ3n) is 5.71. The molecule has 33 heavy (non-hydrogen) atoms. The number of aryl methyl sites for hydroxylation is 1. The molecule has 0 saturated carbocycles. The third-order valence-corrected chi connectivity index (χ3v) is 5.71. The molecule has 1 atom stereocenters. The lowest BCUT2D eigenvalue weighted by atomic mass is 10.1. The van der Waals surface area contributed by atoms with Crippen LogP contribution in [0, 0.1) is 12.7 Å². The summed E-state index contributed by atoms with van der Waals surface area (Å²) in [5, 5.41) is 15.4. The number of nitrogens with one attached hydrogen (secondary N) is 2. The number of aromatic nitrogens is 4. The van der Waals surface area contributed by atoms with Gasteiger partial charge < -0.3 is 14.4 Å². The van der Waals surface area contributed by atoms with Crippen molar-refractivity contribution in [1.29, 1.82) is 0 Å². The monoisotopic (exact) mass is 449 g/mol. The van der Waals surface area contributed by atoms with Gasteiger partial charge in [-0.05, 0) is 49.4 Å². The molecule has 3 heterocycles. The van der Waals surface area contributed by atoms with E-state index in [2.05, 4.69) is 20.4 Å². The van der Waals surface area contributed by atoms with Crippen LogP contribution < -0.4 is 4.74 Å². The summed E-state index contributed by atoms with van der Waals surface area (Å²) in [7, 11) is 0. The van der Waals surface area contributed by atoms with Crippen LogP contribution in [0.25, 0.3) is 10.9 Å². The molecule has 0 bridgehead atoms. The fourth-order valence-corrected chi connectivity index (χ4v) is 3.94. The molecule has 5 rings (SSSR count). The van der Waals surface area contributed by atoms with E-state index in [1.165, 1.54) is 12.1 Å². The van der Waals surface area contributed by atoms with Crippen LogP contribution >= 0.6 is 0 Å². The van der Waals surface area contributed by atoms with Crippen LogP contribution in [0.3, 0.4) is 0 Å². The molecule has 0 radical (unpaired) electrons. The van der Waals surface area contributed by atoms with Crippen LogP contribution in [0.1, 0.15) is 33.5 Å². The highest BCUT2D eigenvalue weighted by Gasteiger charge is 2.29. The van der Waals surface area contributed by atoms with Gasteiger partial charge in [-0.1, -0.05) is 11.6 Å². The molecule has 1 aliphatic rings.